The number of hydrogen-bond donors (Lipinski definition) is 0. The summed E-state index contributed by atoms with van der Waals surface area (Å²) in [6.45, 7) is 1.84. The Bertz CT molecular complexity index is 1050. The third kappa shape index (κ3) is 6.44. The fourth-order valence-electron chi connectivity index (χ4n) is 4.32. The Labute approximate surface area is 195 Å². The second kappa shape index (κ2) is 10.1. The Morgan fingerprint density at radius 2 is 1.79 bits per heavy atom. The Kier molecular flexibility index (Phi) is 7.62. The van der Waals surface area contributed by atoms with Gasteiger partial charge in [-0.15, -0.1) is 0 Å². The highest BCUT2D eigenvalue weighted by Gasteiger charge is 2.43. The highest BCUT2D eigenvalue weighted by Crippen LogP contribution is 2.38. The van der Waals surface area contributed by atoms with Crippen LogP contribution in [0.1, 0.15) is 47.4 Å². The van der Waals surface area contributed by atoms with Crippen molar-refractivity contribution >= 4 is 29.0 Å². The first-order valence-corrected chi connectivity index (χ1v) is 11.0. The van der Waals surface area contributed by atoms with E-state index in [0.29, 0.717) is 28.1 Å². The maximum atomic E-state index is 13.0. The number of benzene rings is 2. The molecule has 0 aromatic heterocycles. The highest BCUT2D eigenvalue weighted by atomic mass is 35.5. The van der Waals surface area contributed by atoms with E-state index in [0.717, 1.165) is 5.56 Å². The van der Waals surface area contributed by atoms with Gasteiger partial charge in [0, 0.05) is 30.2 Å². The maximum Gasteiger partial charge on any atom is 0.422 e. The van der Waals surface area contributed by atoms with Crippen LogP contribution < -0.4 is 4.74 Å². The molecule has 2 aromatic carbocycles. The lowest BCUT2D eigenvalue weighted by Crippen LogP contribution is -2.21. The summed E-state index contributed by atoms with van der Waals surface area (Å²) in [7, 11) is 0. The SMILES string of the molecule is Cc1cc(OCC(F)(F)F)cc(C)c1C1C(=O)CC(CC(=O)CCc2cccc(Cl)c2)C1=O. The van der Waals surface area contributed by atoms with E-state index < -0.39 is 24.6 Å². The molecule has 4 nitrogen and oxygen atoms in total. The number of carbonyl (C=O) groups excluding carboxylic acids is 3. The fourth-order valence-corrected chi connectivity index (χ4v) is 4.54. The van der Waals surface area contributed by atoms with Crippen molar-refractivity contribution in [2.45, 2.75) is 51.6 Å². The molecule has 1 aliphatic rings. The number of halogens is 4. The van der Waals surface area contributed by atoms with E-state index in [2.05, 4.69) is 0 Å². The standard InChI is InChI=1S/C25H24ClF3O4/c1-14-8-20(33-13-25(27,28)29)9-15(2)22(14)23-21(31)12-17(24(23)32)11-19(30)7-6-16-4-3-5-18(26)10-16/h3-5,8-10,17,23H,6-7,11-13H2,1-2H3. The minimum absolute atomic E-state index is 0.00743. The average molecular weight is 481 g/mol. The second-order valence-electron chi connectivity index (χ2n) is 8.45. The molecule has 33 heavy (non-hydrogen) atoms. The number of Topliss-reactive ketones (excluding diaryl/α,β-unsaturated/α-hetero) is 3. The van der Waals surface area contributed by atoms with Crippen molar-refractivity contribution in [1.29, 1.82) is 0 Å². The topological polar surface area (TPSA) is 60.4 Å². The lowest BCUT2D eigenvalue weighted by molar-refractivity contribution is -0.153. The molecule has 1 saturated carbocycles. The summed E-state index contributed by atoms with van der Waals surface area (Å²) in [5.74, 6) is -2.36. The van der Waals surface area contributed by atoms with Gasteiger partial charge >= 0.3 is 6.18 Å². The molecule has 0 bridgehead atoms. The molecule has 3 rings (SSSR count). The van der Waals surface area contributed by atoms with Gasteiger partial charge in [0.1, 0.15) is 23.2 Å². The van der Waals surface area contributed by atoms with Gasteiger partial charge < -0.3 is 4.74 Å². The first-order valence-electron chi connectivity index (χ1n) is 10.6. The number of aryl methyl sites for hydroxylation is 3. The molecule has 1 aliphatic carbocycles. The van der Waals surface area contributed by atoms with Crippen molar-refractivity contribution in [3.8, 4) is 5.75 Å². The summed E-state index contributed by atoms with van der Waals surface area (Å²) in [5, 5.41) is 0.583. The highest BCUT2D eigenvalue weighted by molar-refractivity contribution is 6.30. The van der Waals surface area contributed by atoms with Crippen LogP contribution in [-0.4, -0.2) is 30.1 Å². The van der Waals surface area contributed by atoms with Crippen LogP contribution in [0.15, 0.2) is 36.4 Å². The summed E-state index contributed by atoms with van der Waals surface area (Å²) in [4.78, 5) is 38.2. The average Bonchev–Trinajstić information content (AvgIpc) is 2.97. The van der Waals surface area contributed by atoms with Crippen LogP contribution in [0.5, 0.6) is 5.75 Å². The van der Waals surface area contributed by atoms with Gasteiger partial charge in [0.25, 0.3) is 0 Å². The number of carbonyl (C=O) groups is 3. The van der Waals surface area contributed by atoms with E-state index in [9.17, 15) is 27.6 Å². The molecule has 0 aliphatic heterocycles. The second-order valence-corrected chi connectivity index (χ2v) is 8.89. The van der Waals surface area contributed by atoms with Gasteiger partial charge in [-0.25, -0.2) is 0 Å². The van der Waals surface area contributed by atoms with Gasteiger partial charge in [-0.05, 0) is 66.8 Å². The van der Waals surface area contributed by atoms with Crippen LogP contribution in [0.2, 0.25) is 5.02 Å². The molecule has 1 fully saturated rings. The van der Waals surface area contributed by atoms with Gasteiger partial charge in [-0.3, -0.25) is 14.4 Å². The molecular formula is C25H24ClF3O4. The van der Waals surface area contributed by atoms with Gasteiger partial charge in [-0.1, -0.05) is 23.7 Å². The smallest absolute Gasteiger partial charge is 0.422 e. The number of rotatable bonds is 8. The van der Waals surface area contributed by atoms with Crippen LogP contribution in [0, 0.1) is 19.8 Å². The van der Waals surface area contributed by atoms with E-state index in [1.807, 2.05) is 6.07 Å². The minimum Gasteiger partial charge on any atom is -0.484 e. The number of hydrogen-bond acceptors (Lipinski definition) is 4. The first-order chi connectivity index (χ1) is 15.4. The molecule has 0 N–H and O–H groups in total. The molecule has 2 aromatic rings. The van der Waals surface area contributed by atoms with Crippen LogP contribution in [-0.2, 0) is 20.8 Å². The van der Waals surface area contributed by atoms with E-state index >= 15 is 0 Å². The first kappa shape index (κ1) is 25.0. The zero-order valence-electron chi connectivity index (χ0n) is 18.3. The number of ketones is 3. The van der Waals surface area contributed by atoms with E-state index in [1.54, 1.807) is 32.0 Å². The Morgan fingerprint density at radius 3 is 2.39 bits per heavy atom. The van der Waals surface area contributed by atoms with Gasteiger partial charge in [0.05, 0.1) is 0 Å². The van der Waals surface area contributed by atoms with Crippen LogP contribution >= 0.6 is 11.6 Å². The Morgan fingerprint density at radius 1 is 1.12 bits per heavy atom. The van der Waals surface area contributed by atoms with Gasteiger partial charge in [0.2, 0.25) is 0 Å². The Balaban J connectivity index is 1.67. The number of ether oxygens (including phenoxy) is 1. The van der Waals surface area contributed by atoms with Crippen molar-refractivity contribution in [3.05, 3.63) is 63.7 Å². The molecular weight excluding hydrogens is 457 g/mol. The van der Waals surface area contributed by atoms with Crippen LogP contribution in [0.25, 0.3) is 0 Å². The molecule has 2 unspecified atom stereocenters. The molecule has 0 amide bonds. The molecule has 8 heteroatoms. The van der Waals surface area contributed by atoms with Gasteiger partial charge in [-0.2, -0.15) is 13.2 Å². The lowest BCUT2D eigenvalue weighted by atomic mass is 9.86. The predicted molar refractivity (Wildman–Crippen MR) is 118 cm³/mol. The molecule has 0 saturated heterocycles. The zero-order chi connectivity index (χ0) is 24.3. The predicted octanol–water partition coefficient (Wildman–Crippen LogP) is 5.73. The molecule has 2 atom stereocenters. The third-order valence-electron chi connectivity index (χ3n) is 5.77. The quantitative estimate of drug-likeness (QED) is 0.453. The molecule has 0 heterocycles. The summed E-state index contributed by atoms with van der Waals surface area (Å²) in [6, 6.07) is 10.00. The van der Waals surface area contributed by atoms with E-state index in [4.69, 9.17) is 16.3 Å². The van der Waals surface area contributed by atoms with Crippen molar-refractivity contribution in [2.75, 3.05) is 6.61 Å². The number of alkyl halides is 3. The zero-order valence-corrected chi connectivity index (χ0v) is 19.1. The van der Waals surface area contributed by atoms with Crippen molar-refractivity contribution in [3.63, 3.8) is 0 Å². The molecule has 0 radical (unpaired) electrons. The summed E-state index contributed by atoms with van der Waals surface area (Å²) >= 11 is 5.95. The van der Waals surface area contributed by atoms with Crippen molar-refractivity contribution < 1.29 is 32.3 Å². The fraction of sp³-hybridized carbons (Fsp3) is 0.400. The van der Waals surface area contributed by atoms with E-state index in [-0.39, 0.29) is 42.4 Å². The molecule has 0 spiro atoms. The molecule has 176 valence electrons. The lowest BCUT2D eigenvalue weighted by Gasteiger charge is -2.18. The van der Waals surface area contributed by atoms with Crippen molar-refractivity contribution in [1.82, 2.24) is 0 Å². The normalized spacial score (nSPS) is 18.6. The monoisotopic (exact) mass is 480 g/mol. The van der Waals surface area contributed by atoms with Crippen LogP contribution in [0.4, 0.5) is 13.2 Å². The third-order valence-corrected chi connectivity index (χ3v) is 6.01. The van der Waals surface area contributed by atoms with Gasteiger partial charge in [0.15, 0.2) is 12.4 Å². The van der Waals surface area contributed by atoms with Crippen molar-refractivity contribution in [2.24, 2.45) is 5.92 Å². The summed E-state index contributed by atoms with van der Waals surface area (Å²) in [5.41, 5.74) is 2.42. The summed E-state index contributed by atoms with van der Waals surface area (Å²) < 4.78 is 42.1. The maximum absolute atomic E-state index is 13.0. The Hall–Kier alpha value is -2.67. The van der Waals surface area contributed by atoms with Crippen LogP contribution in [0.3, 0.4) is 0 Å². The minimum atomic E-state index is -4.47. The van der Waals surface area contributed by atoms with E-state index in [1.165, 1.54) is 12.1 Å². The largest absolute Gasteiger partial charge is 0.484 e. The summed E-state index contributed by atoms with van der Waals surface area (Å²) in [6.07, 6.45) is -3.75.